The first-order valence-corrected chi connectivity index (χ1v) is 8.52. The summed E-state index contributed by atoms with van der Waals surface area (Å²) >= 11 is 0. The van der Waals surface area contributed by atoms with Gasteiger partial charge in [0.15, 0.2) is 0 Å². The smallest absolute Gasteiger partial charge is 0.245 e. The van der Waals surface area contributed by atoms with Gasteiger partial charge in [0.1, 0.15) is 24.2 Å². The molecule has 0 saturated carbocycles. The lowest BCUT2D eigenvalue weighted by molar-refractivity contribution is -0.141. The minimum atomic E-state index is -0.894. The molecular weight excluding hydrogens is 342 g/mol. The van der Waals surface area contributed by atoms with Crippen molar-refractivity contribution in [2.45, 2.75) is 64.7 Å². The predicted octanol–water partition coefficient (Wildman–Crippen LogP) is -2.00. The molecule has 1 aliphatic heterocycles. The Bertz CT molecular complexity index is 594. The maximum absolute atomic E-state index is 12.5. The van der Waals surface area contributed by atoms with E-state index in [0.29, 0.717) is 19.4 Å². The molecule has 0 aromatic rings. The normalized spacial score (nSPS) is 19.8. The van der Waals surface area contributed by atoms with E-state index in [1.54, 1.807) is 6.92 Å². The molecule has 0 bridgehead atoms. The van der Waals surface area contributed by atoms with Gasteiger partial charge in [-0.25, -0.2) is 0 Å². The third-order valence-electron chi connectivity index (χ3n) is 4.17. The second kappa shape index (κ2) is 9.16. The lowest BCUT2D eigenvalue weighted by Gasteiger charge is -2.28. The van der Waals surface area contributed by atoms with Crippen LogP contribution in [0.15, 0.2) is 0 Å². The van der Waals surface area contributed by atoms with Gasteiger partial charge in [-0.1, -0.05) is 0 Å². The standard InChI is InChI=1S/C16H27N5O5/c1-8(13(17)23)19-14(24)9(2)20-15(25)12-6-5-7-21(12)16(26)10(3)18-11(4)22/h8-10,12H,5-7H2,1-4H3,(H2,17,23)(H,18,22)(H,19,24)(H,20,25)/t8-,9+,10+,12+/m1/s1. The summed E-state index contributed by atoms with van der Waals surface area (Å²) in [5.74, 6) is -2.37. The SMILES string of the molecule is CC(=O)N[C@@H](C)C(=O)N1CCC[C@H]1C(=O)N[C@@H](C)C(=O)N[C@H](C)C(N)=O. The Morgan fingerprint density at radius 1 is 0.962 bits per heavy atom. The van der Waals surface area contributed by atoms with Crippen LogP contribution in [0.4, 0.5) is 0 Å². The molecule has 4 atom stereocenters. The molecule has 0 radical (unpaired) electrons. The molecule has 0 aromatic carbocycles. The first kappa shape index (κ1) is 21.4. The van der Waals surface area contributed by atoms with E-state index < -0.39 is 41.9 Å². The molecule has 10 nitrogen and oxygen atoms in total. The van der Waals surface area contributed by atoms with Gasteiger partial charge in [0.2, 0.25) is 29.5 Å². The quantitative estimate of drug-likeness (QED) is 0.409. The minimum Gasteiger partial charge on any atom is -0.368 e. The fourth-order valence-electron chi connectivity index (χ4n) is 2.70. The van der Waals surface area contributed by atoms with Crippen LogP contribution >= 0.6 is 0 Å². The van der Waals surface area contributed by atoms with Crippen LogP contribution in [-0.2, 0) is 24.0 Å². The van der Waals surface area contributed by atoms with Crippen molar-refractivity contribution in [1.29, 1.82) is 0 Å². The summed E-state index contributed by atoms with van der Waals surface area (Å²) in [6.07, 6.45) is 1.12. The molecule has 0 aliphatic carbocycles. The van der Waals surface area contributed by atoms with E-state index in [9.17, 15) is 24.0 Å². The number of hydrogen-bond acceptors (Lipinski definition) is 5. The van der Waals surface area contributed by atoms with E-state index in [4.69, 9.17) is 5.73 Å². The number of likely N-dealkylation sites (tertiary alicyclic amines) is 1. The monoisotopic (exact) mass is 369 g/mol. The Balaban J connectivity index is 2.67. The van der Waals surface area contributed by atoms with E-state index in [0.717, 1.165) is 0 Å². The van der Waals surface area contributed by atoms with Crippen molar-refractivity contribution in [2.75, 3.05) is 6.54 Å². The highest BCUT2D eigenvalue weighted by Crippen LogP contribution is 2.18. The first-order valence-electron chi connectivity index (χ1n) is 8.52. The largest absolute Gasteiger partial charge is 0.368 e. The zero-order chi connectivity index (χ0) is 20.0. The van der Waals surface area contributed by atoms with E-state index in [1.165, 1.54) is 25.7 Å². The Hall–Kier alpha value is -2.65. The van der Waals surface area contributed by atoms with Crippen molar-refractivity contribution in [3.8, 4) is 0 Å². The van der Waals surface area contributed by atoms with Gasteiger partial charge in [0.25, 0.3) is 0 Å². The number of rotatable bonds is 7. The Morgan fingerprint density at radius 3 is 2.12 bits per heavy atom. The maximum atomic E-state index is 12.5. The number of nitrogens with zero attached hydrogens (tertiary/aromatic N) is 1. The number of hydrogen-bond donors (Lipinski definition) is 4. The molecular formula is C16H27N5O5. The number of carbonyl (C=O) groups excluding carboxylic acids is 5. The highest BCUT2D eigenvalue weighted by Gasteiger charge is 2.37. The van der Waals surface area contributed by atoms with Gasteiger partial charge in [0.05, 0.1) is 0 Å². The molecule has 10 heteroatoms. The average Bonchev–Trinajstić information content (AvgIpc) is 3.02. The van der Waals surface area contributed by atoms with Crippen molar-refractivity contribution >= 4 is 29.5 Å². The fraction of sp³-hybridized carbons (Fsp3) is 0.688. The molecule has 0 unspecified atom stereocenters. The Kier molecular flexibility index (Phi) is 7.54. The topological polar surface area (TPSA) is 151 Å². The van der Waals surface area contributed by atoms with Gasteiger partial charge in [-0.2, -0.15) is 0 Å². The minimum absolute atomic E-state index is 0.333. The van der Waals surface area contributed by atoms with Crippen LogP contribution in [0.1, 0.15) is 40.5 Å². The summed E-state index contributed by atoms with van der Waals surface area (Å²) in [4.78, 5) is 60.4. The second-order valence-corrected chi connectivity index (χ2v) is 6.47. The van der Waals surface area contributed by atoms with E-state index >= 15 is 0 Å². The molecule has 1 saturated heterocycles. The average molecular weight is 369 g/mol. The number of primary amides is 1. The van der Waals surface area contributed by atoms with Crippen molar-refractivity contribution < 1.29 is 24.0 Å². The maximum Gasteiger partial charge on any atom is 0.245 e. The third kappa shape index (κ3) is 5.71. The van der Waals surface area contributed by atoms with Gasteiger partial charge in [-0.3, -0.25) is 24.0 Å². The van der Waals surface area contributed by atoms with Crippen molar-refractivity contribution in [3.63, 3.8) is 0 Å². The summed E-state index contributed by atoms with van der Waals surface area (Å²) in [6, 6.07) is -3.19. The first-order chi connectivity index (χ1) is 12.0. The van der Waals surface area contributed by atoms with Crippen molar-refractivity contribution in [1.82, 2.24) is 20.9 Å². The number of amides is 5. The van der Waals surface area contributed by atoms with E-state index in [1.807, 2.05) is 0 Å². The molecule has 146 valence electrons. The summed E-state index contributed by atoms with van der Waals surface area (Å²) < 4.78 is 0. The van der Waals surface area contributed by atoms with Crippen LogP contribution < -0.4 is 21.7 Å². The van der Waals surface area contributed by atoms with Crippen molar-refractivity contribution in [2.24, 2.45) is 5.73 Å². The van der Waals surface area contributed by atoms with Crippen LogP contribution in [0.5, 0.6) is 0 Å². The highest BCUT2D eigenvalue weighted by atomic mass is 16.2. The Morgan fingerprint density at radius 2 is 1.58 bits per heavy atom. The highest BCUT2D eigenvalue weighted by molar-refractivity contribution is 5.95. The molecule has 5 N–H and O–H groups in total. The Labute approximate surface area is 152 Å². The van der Waals surface area contributed by atoms with Crippen LogP contribution in [0.25, 0.3) is 0 Å². The van der Waals surface area contributed by atoms with Crippen LogP contribution in [0, 0.1) is 0 Å². The molecule has 5 amide bonds. The van der Waals surface area contributed by atoms with Crippen LogP contribution in [-0.4, -0.2) is 65.1 Å². The molecule has 0 aromatic heterocycles. The summed E-state index contributed by atoms with van der Waals surface area (Å²) in [7, 11) is 0. The van der Waals surface area contributed by atoms with E-state index in [-0.39, 0.29) is 11.8 Å². The molecule has 1 heterocycles. The van der Waals surface area contributed by atoms with E-state index in [2.05, 4.69) is 16.0 Å². The summed E-state index contributed by atoms with van der Waals surface area (Å²) in [6.45, 7) is 6.18. The summed E-state index contributed by atoms with van der Waals surface area (Å²) in [5.41, 5.74) is 5.08. The third-order valence-corrected chi connectivity index (χ3v) is 4.17. The summed E-state index contributed by atoms with van der Waals surface area (Å²) in [5, 5.41) is 7.44. The predicted molar refractivity (Wildman–Crippen MR) is 92.4 cm³/mol. The molecule has 1 aliphatic rings. The number of carbonyl (C=O) groups is 5. The van der Waals surface area contributed by atoms with Gasteiger partial charge in [-0.05, 0) is 33.6 Å². The molecule has 26 heavy (non-hydrogen) atoms. The lowest BCUT2D eigenvalue weighted by atomic mass is 10.1. The van der Waals surface area contributed by atoms with Crippen LogP contribution in [0.2, 0.25) is 0 Å². The lowest BCUT2D eigenvalue weighted by Crippen LogP contribution is -2.56. The second-order valence-electron chi connectivity index (χ2n) is 6.47. The zero-order valence-electron chi connectivity index (χ0n) is 15.5. The van der Waals surface area contributed by atoms with Crippen molar-refractivity contribution in [3.05, 3.63) is 0 Å². The van der Waals surface area contributed by atoms with Gasteiger partial charge < -0.3 is 26.6 Å². The fourth-order valence-corrected chi connectivity index (χ4v) is 2.70. The molecule has 1 fully saturated rings. The molecule has 1 rings (SSSR count). The zero-order valence-corrected chi connectivity index (χ0v) is 15.5. The van der Waals surface area contributed by atoms with Gasteiger partial charge in [0, 0.05) is 13.5 Å². The number of nitrogens with two attached hydrogens (primary N) is 1. The molecule has 0 spiro atoms. The number of nitrogens with one attached hydrogen (secondary N) is 3. The van der Waals surface area contributed by atoms with Crippen LogP contribution in [0.3, 0.4) is 0 Å². The van der Waals surface area contributed by atoms with Gasteiger partial charge in [-0.15, -0.1) is 0 Å². The van der Waals surface area contributed by atoms with Gasteiger partial charge >= 0.3 is 0 Å².